The average Bonchev–Trinajstić information content (AvgIpc) is 2.27. The van der Waals surface area contributed by atoms with Crippen molar-refractivity contribution in [2.75, 3.05) is 7.05 Å². The molecule has 0 unspecified atom stereocenters. The van der Waals surface area contributed by atoms with Crippen LogP contribution in [-0.2, 0) is 0 Å². The largest absolute Gasteiger partial charge is 0.290 e. The van der Waals surface area contributed by atoms with Gasteiger partial charge in [-0.3, -0.25) is 20.0 Å². The molecule has 6 nitrogen and oxygen atoms in total. The Morgan fingerprint density at radius 2 is 1.67 bits per heavy atom. The fraction of sp³-hybridized carbons (Fsp3) is 0.111. The van der Waals surface area contributed by atoms with E-state index in [1.165, 1.54) is 31.3 Å². The zero-order valence-electron chi connectivity index (χ0n) is 8.23. The first-order chi connectivity index (χ1) is 7.06. The molecule has 0 aliphatic rings. The highest BCUT2D eigenvalue weighted by atomic mass is 16.2. The summed E-state index contributed by atoms with van der Waals surface area (Å²) in [5.41, 5.74) is 2.79. The second-order valence-electron chi connectivity index (χ2n) is 2.97. The van der Waals surface area contributed by atoms with Crippen LogP contribution in [0.5, 0.6) is 0 Å². The number of carbonyl (C=O) groups excluding carboxylic acids is 2. The number of hydrogen-bond acceptors (Lipinski definition) is 4. The first-order valence-corrected chi connectivity index (χ1v) is 4.20. The zero-order chi connectivity index (χ0) is 11.4. The van der Waals surface area contributed by atoms with Gasteiger partial charge in [0.15, 0.2) is 0 Å². The molecule has 0 aromatic heterocycles. The average molecular weight is 208 g/mol. The van der Waals surface area contributed by atoms with Crippen LogP contribution >= 0.6 is 0 Å². The fourth-order valence-electron chi connectivity index (χ4n) is 1.05. The molecule has 0 aliphatic heterocycles. The molecule has 0 saturated carbocycles. The van der Waals surface area contributed by atoms with Crippen LogP contribution in [0.3, 0.4) is 0 Å². The van der Waals surface area contributed by atoms with Gasteiger partial charge < -0.3 is 0 Å². The van der Waals surface area contributed by atoms with Crippen molar-refractivity contribution in [3.05, 3.63) is 35.4 Å². The van der Waals surface area contributed by atoms with E-state index in [-0.39, 0.29) is 5.91 Å². The molecule has 2 amide bonds. The second kappa shape index (κ2) is 4.54. The number of benzene rings is 1. The lowest BCUT2D eigenvalue weighted by atomic mass is 10.1. The van der Waals surface area contributed by atoms with E-state index >= 15 is 0 Å². The van der Waals surface area contributed by atoms with Gasteiger partial charge >= 0.3 is 0 Å². The molecule has 0 saturated heterocycles. The molecule has 0 spiro atoms. The quantitative estimate of drug-likeness (QED) is 0.337. The Balaban J connectivity index is 2.90. The van der Waals surface area contributed by atoms with Crippen LogP contribution in [0.2, 0.25) is 0 Å². The van der Waals surface area contributed by atoms with Gasteiger partial charge in [-0.1, -0.05) is 0 Å². The molecule has 1 aromatic rings. The Labute approximate surface area is 86.8 Å². The number of amides is 2. The topological polar surface area (TPSA) is 101 Å². The number of rotatable bonds is 2. The van der Waals surface area contributed by atoms with E-state index in [0.29, 0.717) is 11.1 Å². The Kier molecular flexibility index (Phi) is 3.37. The van der Waals surface area contributed by atoms with Crippen LogP contribution in [0, 0.1) is 0 Å². The molecule has 0 atom stereocenters. The molecule has 0 radical (unpaired) electrons. The molecule has 0 heterocycles. The van der Waals surface area contributed by atoms with Gasteiger partial charge in [-0.2, -0.15) is 0 Å². The molecular weight excluding hydrogens is 196 g/mol. The third-order valence-electron chi connectivity index (χ3n) is 1.85. The van der Waals surface area contributed by atoms with Crippen LogP contribution < -0.4 is 17.1 Å². The summed E-state index contributed by atoms with van der Waals surface area (Å²) in [6.45, 7) is 0. The molecule has 15 heavy (non-hydrogen) atoms. The second-order valence-corrected chi connectivity index (χ2v) is 2.97. The van der Waals surface area contributed by atoms with Crippen molar-refractivity contribution in [1.29, 1.82) is 0 Å². The number of nitrogen functional groups attached to an aromatic ring is 1. The Hall–Kier alpha value is -1.92. The monoisotopic (exact) mass is 208 g/mol. The van der Waals surface area contributed by atoms with E-state index < -0.39 is 5.91 Å². The first-order valence-electron chi connectivity index (χ1n) is 4.20. The first kappa shape index (κ1) is 11.2. The lowest BCUT2D eigenvalue weighted by molar-refractivity contribution is 0.0794. The Bertz CT molecular complexity index is 372. The minimum absolute atomic E-state index is 0.324. The molecular formula is C9H12N4O2. The molecule has 80 valence electrons. The number of hydrazine groups is 2. The smallest absolute Gasteiger partial charge is 0.267 e. The van der Waals surface area contributed by atoms with Gasteiger partial charge in [-0.25, -0.2) is 11.7 Å². The number of nitrogens with zero attached hydrogens (tertiary/aromatic N) is 1. The fourth-order valence-corrected chi connectivity index (χ4v) is 1.05. The van der Waals surface area contributed by atoms with Crippen molar-refractivity contribution in [3.8, 4) is 0 Å². The van der Waals surface area contributed by atoms with Crippen molar-refractivity contribution in [2.45, 2.75) is 0 Å². The predicted octanol–water partition coefficient (Wildman–Crippen LogP) is -0.764. The predicted molar refractivity (Wildman–Crippen MR) is 54.4 cm³/mol. The highest BCUT2D eigenvalue weighted by molar-refractivity contribution is 5.97. The third kappa shape index (κ3) is 2.52. The minimum Gasteiger partial charge on any atom is -0.290 e. The van der Waals surface area contributed by atoms with Crippen molar-refractivity contribution in [3.63, 3.8) is 0 Å². The SMILES string of the molecule is CN(N)C(=O)c1ccc(C(=O)NN)cc1. The molecule has 6 heteroatoms. The van der Waals surface area contributed by atoms with Crippen LogP contribution in [0.1, 0.15) is 20.7 Å². The summed E-state index contributed by atoms with van der Waals surface area (Å²) in [6, 6.07) is 6.02. The maximum absolute atomic E-state index is 11.4. The highest BCUT2D eigenvalue weighted by Gasteiger charge is 2.09. The van der Waals surface area contributed by atoms with Gasteiger partial charge in [0.05, 0.1) is 0 Å². The molecule has 0 bridgehead atoms. The van der Waals surface area contributed by atoms with Crippen molar-refractivity contribution in [2.24, 2.45) is 11.7 Å². The van der Waals surface area contributed by atoms with Crippen molar-refractivity contribution >= 4 is 11.8 Å². The van der Waals surface area contributed by atoms with E-state index in [2.05, 4.69) is 0 Å². The zero-order valence-corrected chi connectivity index (χ0v) is 8.23. The summed E-state index contributed by atoms with van der Waals surface area (Å²) < 4.78 is 0. The van der Waals surface area contributed by atoms with Crippen LogP contribution in [-0.4, -0.2) is 23.9 Å². The summed E-state index contributed by atoms with van der Waals surface area (Å²) in [5.74, 6) is 9.50. The van der Waals surface area contributed by atoms with Gasteiger partial charge in [0.1, 0.15) is 0 Å². The van der Waals surface area contributed by atoms with Gasteiger partial charge in [0, 0.05) is 18.2 Å². The number of carbonyl (C=O) groups is 2. The maximum Gasteiger partial charge on any atom is 0.267 e. The maximum atomic E-state index is 11.4. The Morgan fingerprint density at radius 3 is 2.07 bits per heavy atom. The lowest BCUT2D eigenvalue weighted by Crippen LogP contribution is -2.33. The van der Waals surface area contributed by atoms with Gasteiger partial charge in [-0.05, 0) is 24.3 Å². The van der Waals surface area contributed by atoms with Crippen LogP contribution in [0.25, 0.3) is 0 Å². The molecule has 5 N–H and O–H groups in total. The van der Waals surface area contributed by atoms with E-state index in [1.807, 2.05) is 5.43 Å². The van der Waals surface area contributed by atoms with Crippen molar-refractivity contribution < 1.29 is 9.59 Å². The van der Waals surface area contributed by atoms with E-state index in [0.717, 1.165) is 5.01 Å². The van der Waals surface area contributed by atoms with Crippen LogP contribution in [0.4, 0.5) is 0 Å². The lowest BCUT2D eigenvalue weighted by Gasteiger charge is -2.09. The summed E-state index contributed by atoms with van der Waals surface area (Å²) >= 11 is 0. The highest BCUT2D eigenvalue weighted by Crippen LogP contribution is 2.05. The molecule has 0 aliphatic carbocycles. The summed E-state index contributed by atoms with van der Waals surface area (Å²) in [4.78, 5) is 22.4. The van der Waals surface area contributed by atoms with E-state index in [9.17, 15) is 9.59 Å². The summed E-state index contributed by atoms with van der Waals surface area (Å²) in [6.07, 6.45) is 0. The van der Waals surface area contributed by atoms with E-state index in [1.54, 1.807) is 0 Å². The van der Waals surface area contributed by atoms with Crippen LogP contribution in [0.15, 0.2) is 24.3 Å². The van der Waals surface area contributed by atoms with Crippen molar-refractivity contribution in [1.82, 2.24) is 10.4 Å². The molecule has 1 rings (SSSR count). The minimum atomic E-state index is -0.407. The number of hydrogen-bond donors (Lipinski definition) is 3. The number of nitrogens with two attached hydrogens (primary N) is 2. The number of nitrogens with one attached hydrogen (secondary N) is 1. The normalized spacial score (nSPS) is 9.53. The van der Waals surface area contributed by atoms with E-state index in [4.69, 9.17) is 11.7 Å². The van der Waals surface area contributed by atoms with Gasteiger partial charge in [0.25, 0.3) is 11.8 Å². The summed E-state index contributed by atoms with van der Waals surface area (Å²) in [7, 11) is 1.45. The summed E-state index contributed by atoms with van der Waals surface area (Å²) in [5, 5.41) is 0.970. The molecule has 1 aromatic carbocycles. The third-order valence-corrected chi connectivity index (χ3v) is 1.85. The standard InChI is InChI=1S/C9H12N4O2/c1-13(11)9(15)7-4-2-6(3-5-7)8(14)12-10/h2-5H,10-11H2,1H3,(H,12,14). The van der Waals surface area contributed by atoms with Gasteiger partial charge in [-0.15, -0.1) is 0 Å². The molecule has 0 fully saturated rings. The van der Waals surface area contributed by atoms with Gasteiger partial charge in [0.2, 0.25) is 0 Å². The Morgan fingerprint density at radius 1 is 1.20 bits per heavy atom.